The first-order chi connectivity index (χ1) is 17.2. The molecule has 0 radical (unpaired) electrons. The first kappa shape index (κ1) is 27.1. The topological polar surface area (TPSA) is 88.5 Å². The van der Waals surface area contributed by atoms with Crippen molar-refractivity contribution in [3.05, 3.63) is 59.2 Å². The fourth-order valence-electron chi connectivity index (χ4n) is 4.07. The highest BCUT2D eigenvalue weighted by atomic mass is 16.5. The molecule has 1 aliphatic rings. The highest BCUT2D eigenvalue weighted by molar-refractivity contribution is 6.46. The zero-order valence-electron chi connectivity index (χ0n) is 21.9. The van der Waals surface area contributed by atoms with Gasteiger partial charge in [-0.25, -0.2) is 0 Å². The van der Waals surface area contributed by atoms with Gasteiger partial charge in [0.25, 0.3) is 11.7 Å². The number of likely N-dealkylation sites (N-methyl/N-ethyl adjacent to an activating group) is 1. The van der Waals surface area contributed by atoms with Crippen molar-refractivity contribution in [3.63, 3.8) is 0 Å². The highest BCUT2D eigenvalue weighted by Gasteiger charge is 2.46. The lowest BCUT2D eigenvalue weighted by atomic mass is 9.95. The van der Waals surface area contributed by atoms with Gasteiger partial charge in [0.05, 0.1) is 32.4 Å². The van der Waals surface area contributed by atoms with Crippen LogP contribution in [-0.4, -0.2) is 74.6 Å². The molecule has 0 aliphatic carbocycles. The molecule has 1 N–H and O–H groups in total. The zero-order chi connectivity index (χ0) is 26.4. The van der Waals surface area contributed by atoms with Crippen molar-refractivity contribution >= 4 is 17.4 Å². The number of ketones is 1. The van der Waals surface area contributed by atoms with Gasteiger partial charge in [-0.15, -0.1) is 0 Å². The van der Waals surface area contributed by atoms with Crippen LogP contribution in [0.5, 0.6) is 17.2 Å². The van der Waals surface area contributed by atoms with E-state index in [1.54, 1.807) is 43.5 Å². The van der Waals surface area contributed by atoms with Crippen LogP contribution in [0, 0.1) is 5.92 Å². The van der Waals surface area contributed by atoms with Crippen LogP contribution in [0.15, 0.2) is 48.0 Å². The number of aliphatic hydroxyl groups is 1. The number of likely N-dealkylation sites (tertiary alicyclic amines) is 1. The summed E-state index contributed by atoms with van der Waals surface area (Å²) in [5.41, 5.74) is 1.07. The Morgan fingerprint density at radius 3 is 2.44 bits per heavy atom. The molecule has 3 rings (SSSR count). The zero-order valence-corrected chi connectivity index (χ0v) is 21.9. The Morgan fingerprint density at radius 2 is 1.81 bits per heavy atom. The first-order valence-electron chi connectivity index (χ1n) is 12.1. The molecule has 8 nitrogen and oxygen atoms in total. The molecule has 0 bridgehead atoms. The number of aliphatic hydroxyl groups excluding tert-OH is 1. The monoisotopic (exact) mass is 496 g/mol. The smallest absolute Gasteiger partial charge is 0.295 e. The summed E-state index contributed by atoms with van der Waals surface area (Å²) in [6.45, 7) is 5.67. The van der Waals surface area contributed by atoms with Crippen molar-refractivity contribution in [1.82, 2.24) is 9.80 Å². The molecule has 0 saturated carbocycles. The fourth-order valence-corrected chi connectivity index (χ4v) is 4.07. The van der Waals surface area contributed by atoms with E-state index in [2.05, 4.69) is 13.8 Å². The van der Waals surface area contributed by atoms with E-state index in [4.69, 9.17) is 14.2 Å². The molecular formula is C28H36N2O6. The Morgan fingerprint density at radius 1 is 1.06 bits per heavy atom. The maximum atomic E-state index is 13.2. The summed E-state index contributed by atoms with van der Waals surface area (Å²) in [5, 5.41) is 11.3. The van der Waals surface area contributed by atoms with Crippen molar-refractivity contribution in [1.29, 1.82) is 0 Å². The van der Waals surface area contributed by atoms with E-state index >= 15 is 0 Å². The molecule has 1 aliphatic heterocycles. The number of carbonyl (C=O) groups is 2. The lowest BCUT2D eigenvalue weighted by molar-refractivity contribution is -0.140. The second-order valence-corrected chi connectivity index (χ2v) is 9.47. The van der Waals surface area contributed by atoms with Crippen molar-refractivity contribution in [3.8, 4) is 17.2 Å². The molecular weight excluding hydrogens is 460 g/mol. The van der Waals surface area contributed by atoms with E-state index in [1.807, 2.05) is 25.1 Å². The van der Waals surface area contributed by atoms with Gasteiger partial charge in [-0.2, -0.15) is 0 Å². The van der Waals surface area contributed by atoms with Gasteiger partial charge in [0.2, 0.25) is 0 Å². The standard InChI is InChI=1S/C28H36N2O6/c1-18(2)12-15-36-22-11-10-19(17-23(22)35-6)25-24(26(31)20-8-7-9-21(16-20)34-5)27(32)28(33)30(25)14-13-29(3)4/h7-11,16-18,25,31H,12-15H2,1-6H3. The van der Waals surface area contributed by atoms with Crippen LogP contribution in [0.25, 0.3) is 5.76 Å². The van der Waals surface area contributed by atoms with E-state index in [0.717, 1.165) is 6.42 Å². The van der Waals surface area contributed by atoms with Gasteiger partial charge in [-0.3, -0.25) is 9.59 Å². The van der Waals surface area contributed by atoms with Crippen molar-refractivity contribution in [2.75, 3.05) is 48.0 Å². The lowest BCUT2D eigenvalue weighted by Crippen LogP contribution is -2.35. The van der Waals surface area contributed by atoms with E-state index < -0.39 is 17.7 Å². The van der Waals surface area contributed by atoms with Crippen LogP contribution in [-0.2, 0) is 9.59 Å². The number of amides is 1. The van der Waals surface area contributed by atoms with Crippen LogP contribution in [0.2, 0.25) is 0 Å². The normalized spacial score (nSPS) is 17.2. The molecule has 1 saturated heterocycles. The molecule has 0 aromatic heterocycles. The van der Waals surface area contributed by atoms with E-state index in [9.17, 15) is 14.7 Å². The SMILES string of the molecule is COc1cccc(C(O)=C2C(=O)C(=O)N(CCN(C)C)C2c2ccc(OCCC(C)C)c(OC)c2)c1. The Kier molecular flexibility index (Phi) is 8.98. The van der Waals surface area contributed by atoms with Crippen LogP contribution in [0.4, 0.5) is 0 Å². The predicted molar refractivity (Wildman–Crippen MR) is 139 cm³/mol. The van der Waals surface area contributed by atoms with Crippen LogP contribution in [0.3, 0.4) is 0 Å². The second-order valence-electron chi connectivity index (χ2n) is 9.47. The number of ether oxygens (including phenoxy) is 3. The Balaban J connectivity index is 2.10. The van der Waals surface area contributed by atoms with Gasteiger partial charge in [0.1, 0.15) is 11.5 Å². The molecule has 0 spiro atoms. The molecule has 1 amide bonds. The van der Waals surface area contributed by atoms with Crippen LogP contribution >= 0.6 is 0 Å². The molecule has 1 heterocycles. The summed E-state index contributed by atoms with van der Waals surface area (Å²) in [6, 6.07) is 11.3. The average Bonchev–Trinajstić information content (AvgIpc) is 3.11. The number of nitrogens with zero attached hydrogens (tertiary/aromatic N) is 2. The van der Waals surface area contributed by atoms with Gasteiger partial charge >= 0.3 is 0 Å². The Hall–Kier alpha value is -3.52. The summed E-state index contributed by atoms with van der Waals surface area (Å²) < 4.78 is 16.8. The number of hydrogen-bond acceptors (Lipinski definition) is 7. The number of benzene rings is 2. The maximum Gasteiger partial charge on any atom is 0.295 e. The molecule has 2 aromatic carbocycles. The summed E-state index contributed by atoms with van der Waals surface area (Å²) in [5.74, 6) is 0.486. The van der Waals surface area contributed by atoms with Gasteiger partial charge in [0, 0.05) is 18.7 Å². The Bertz CT molecular complexity index is 1120. The minimum atomic E-state index is -0.783. The first-order valence-corrected chi connectivity index (χ1v) is 12.1. The summed E-state index contributed by atoms with van der Waals surface area (Å²) in [6.07, 6.45) is 0.899. The number of methoxy groups -OCH3 is 2. The van der Waals surface area contributed by atoms with E-state index in [1.165, 1.54) is 12.0 Å². The maximum absolute atomic E-state index is 13.2. The molecule has 1 fully saturated rings. The highest BCUT2D eigenvalue weighted by Crippen LogP contribution is 2.42. The summed E-state index contributed by atoms with van der Waals surface area (Å²) in [4.78, 5) is 29.8. The number of rotatable bonds is 11. The average molecular weight is 497 g/mol. The number of hydrogen-bond donors (Lipinski definition) is 1. The summed E-state index contributed by atoms with van der Waals surface area (Å²) >= 11 is 0. The van der Waals surface area contributed by atoms with Gasteiger partial charge in [-0.05, 0) is 56.3 Å². The quantitative estimate of drug-likeness (QED) is 0.285. The third-order valence-electron chi connectivity index (χ3n) is 6.13. The second kappa shape index (κ2) is 11.9. The number of carbonyl (C=O) groups excluding carboxylic acids is 2. The Labute approximate surface area is 213 Å². The minimum absolute atomic E-state index is 0.0301. The largest absolute Gasteiger partial charge is 0.507 e. The van der Waals surface area contributed by atoms with E-state index in [0.29, 0.717) is 54.0 Å². The van der Waals surface area contributed by atoms with E-state index in [-0.39, 0.29) is 11.3 Å². The van der Waals surface area contributed by atoms with Crippen LogP contribution in [0.1, 0.15) is 37.4 Å². The molecule has 2 aromatic rings. The molecule has 8 heteroatoms. The molecule has 36 heavy (non-hydrogen) atoms. The predicted octanol–water partition coefficient (Wildman–Crippen LogP) is 4.11. The molecule has 194 valence electrons. The third kappa shape index (κ3) is 5.99. The van der Waals surface area contributed by atoms with Crippen molar-refractivity contribution in [2.24, 2.45) is 5.92 Å². The van der Waals surface area contributed by atoms with Crippen molar-refractivity contribution < 1.29 is 28.9 Å². The van der Waals surface area contributed by atoms with Gasteiger partial charge in [-0.1, -0.05) is 32.0 Å². The van der Waals surface area contributed by atoms with Crippen molar-refractivity contribution in [2.45, 2.75) is 26.3 Å². The number of Topliss-reactive ketones (excluding diaryl/α,β-unsaturated/α-hetero) is 1. The summed E-state index contributed by atoms with van der Waals surface area (Å²) in [7, 11) is 6.87. The molecule has 1 unspecified atom stereocenters. The van der Waals surface area contributed by atoms with Gasteiger partial charge in [0.15, 0.2) is 11.5 Å². The minimum Gasteiger partial charge on any atom is -0.507 e. The third-order valence-corrected chi connectivity index (χ3v) is 6.13. The van der Waals surface area contributed by atoms with Crippen LogP contribution < -0.4 is 14.2 Å². The molecule has 1 atom stereocenters. The van der Waals surface area contributed by atoms with Gasteiger partial charge < -0.3 is 29.1 Å². The lowest BCUT2D eigenvalue weighted by Gasteiger charge is -2.27. The fraction of sp³-hybridized carbons (Fsp3) is 0.429.